The standard InChI is InChI=1S/C15H15N5O2.3C13H13N7O2/c1-11-6-3-4-8-14(11)22-10-12-13(7-5-9-16-12)20-15(21)19(2)17-18-20;1-9-5-3-4-6-12(9)22-8-10-11(7-14-16-15-10)20-13(21)19(2)17-18-20;1-9-5-3-4-6-11(9)22-7-10-12(14-8-15-16-10)20-13(21)19(2)17-18-20;1-9-5-3-4-6-11(9)22-7-10-12(16-15-8-14-10)20-13(21)19(2)17-18-20/h3-9H,10H2,1-2H3;3-7H,8H2,1-2H3;2*3-6,8H,7H2,1-2H3/i4*3T. The van der Waals surface area contributed by atoms with Crippen LogP contribution in [0.15, 0.2) is 153 Å². The van der Waals surface area contributed by atoms with Gasteiger partial charge < -0.3 is 18.9 Å². The van der Waals surface area contributed by atoms with Crippen molar-refractivity contribution >= 4 is 0 Å². The minimum atomic E-state index is -0.455. The number of tetrazole rings is 4. The SMILES string of the molecule is [3H]c1ccc(OCc2ncccc2-n2nnn(C)c2=O)c(C)c1.[3H]c1ccc(OCc2ncnnc2-n2nnn(C)c2=O)c(C)c1.[3H]c1ccc(OCc2nncnc2-n2nnn(C)c2=O)c(C)c1.[3H]c1ccc(OCc2nnncc2-n2nnn(C)c2=O)c(C)c1. The van der Waals surface area contributed by atoms with E-state index in [2.05, 4.69) is 92.5 Å². The van der Waals surface area contributed by atoms with E-state index in [1.54, 1.807) is 91.1 Å². The number of para-hydroxylation sites is 4. The van der Waals surface area contributed by atoms with E-state index in [4.69, 9.17) is 24.4 Å². The zero-order valence-corrected chi connectivity index (χ0v) is 48.1. The lowest BCUT2D eigenvalue weighted by Gasteiger charge is -2.10. The second kappa shape index (κ2) is 28.3. The number of ether oxygens (including phenoxy) is 4. The van der Waals surface area contributed by atoms with E-state index < -0.39 is 17.1 Å². The van der Waals surface area contributed by atoms with Crippen molar-refractivity contribution in [2.75, 3.05) is 0 Å². The summed E-state index contributed by atoms with van der Waals surface area (Å²) in [4.78, 5) is 60.2. The van der Waals surface area contributed by atoms with Gasteiger partial charge in [0, 0.05) is 34.4 Å². The molecule has 0 atom stereocenters. The molecule has 0 radical (unpaired) electrons. The summed E-state index contributed by atoms with van der Waals surface area (Å²) in [5.74, 6) is 2.91. The average molecular weight is 1200 g/mol. The average Bonchev–Trinajstić information content (AvgIpc) is 1.73. The highest BCUT2D eigenvalue weighted by Gasteiger charge is 2.19. The molecule has 34 heteroatoms. The fourth-order valence-corrected chi connectivity index (χ4v) is 7.48. The largest absolute Gasteiger partial charge is 0.487 e. The third kappa shape index (κ3) is 14.6. The molecule has 0 aliphatic rings. The minimum Gasteiger partial charge on any atom is -0.487 e. The lowest BCUT2D eigenvalue weighted by Crippen LogP contribution is -2.24. The van der Waals surface area contributed by atoms with Gasteiger partial charge in [-0.05, 0) is 133 Å². The molecule has 0 spiro atoms. The minimum absolute atomic E-state index is 0.0530. The van der Waals surface area contributed by atoms with E-state index in [1.165, 1.54) is 51.7 Å². The first-order valence-corrected chi connectivity index (χ1v) is 26.0. The molecular formula is C54H54N26O8. The molecular weight excluding hydrogens is 1140 g/mol. The van der Waals surface area contributed by atoms with Gasteiger partial charge in [-0.2, -0.15) is 28.1 Å². The predicted octanol–water partition coefficient (Wildman–Crippen LogP) is 1.36. The lowest BCUT2D eigenvalue weighted by atomic mass is 10.2. The Labute approximate surface area is 502 Å². The number of aryl methyl sites for hydroxylation is 8. The summed E-state index contributed by atoms with van der Waals surface area (Å²) >= 11 is 0. The molecule has 0 aliphatic heterocycles. The molecule has 0 saturated carbocycles. The smallest absolute Gasteiger partial charge is 0.369 e. The van der Waals surface area contributed by atoms with Crippen LogP contribution in [0.25, 0.3) is 23.0 Å². The number of hydrogen-bond acceptors (Lipinski definition) is 26. The molecule has 0 amide bonds. The van der Waals surface area contributed by atoms with Crippen molar-refractivity contribution in [3.63, 3.8) is 0 Å². The van der Waals surface area contributed by atoms with Crippen LogP contribution in [0.5, 0.6) is 23.0 Å². The highest BCUT2D eigenvalue weighted by atomic mass is 16.5. The Hall–Kier alpha value is -12.3. The summed E-state index contributed by atoms with van der Waals surface area (Å²) in [6.07, 6.45) is 5.49. The van der Waals surface area contributed by atoms with E-state index in [-0.39, 0.29) is 43.8 Å². The second-order valence-electron chi connectivity index (χ2n) is 18.3. The van der Waals surface area contributed by atoms with E-state index in [1.807, 2.05) is 27.7 Å². The van der Waals surface area contributed by atoms with Gasteiger partial charge in [-0.1, -0.05) is 72.7 Å². The first kappa shape index (κ1) is 55.0. The van der Waals surface area contributed by atoms with Gasteiger partial charge in [0.2, 0.25) is 5.82 Å². The molecule has 0 saturated heterocycles. The van der Waals surface area contributed by atoms with Crippen LogP contribution < -0.4 is 41.7 Å². The summed E-state index contributed by atoms with van der Waals surface area (Å²) in [5.41, 5.74) is 4.29. The van der Waals surface area contributed by atoms with Gasteiger partial charge >= 0.3 is 22.8 Å². The molecule has 0 N–H and O–H groups in total. The number of nitrogens with zero attached hydrogens (tertiary/aromatic N) is 26. The van der Waals surface area contributed by atoms with Crippen LogP contribution in [-0.4, -0.2) is 130 Å². The lowest BCUT2D eigenvalue weighted by molar-refractivity contribution is 0.296. The molecule has 12 aromatic rings. The maximum absolute atomic E-state index is 12.0. The number of benzene rings is 4. The molecule has 8 heterocycles. The van der Waals surface area contributed by atoms with Crippen LogP contribution in [0.1, 0.15) is 50.5 Å². The van der Waals surface area contributed by atoms with Crippen LogP contribution in [0.2, 0.25) is 0 Å². The zero-order chi connectivity index (χ0) is 65.6. The molecule has 12 rings (SSSR count). The number of hydrogen-bond donors (Lipinski definition) is 0. The predicted molar refractivity (Wildman–Crippen MR) is 306 cm³/mol. The molecule has 448 valence electrons. The van der Waals surface area contributed by atoms with Crippen molar-refractivity contribution in [1.29, 1.82) is 0 Å². The van der Waals surface area contributed by atoms with Crippen molar-refractivity contribution in [2.24, 2.45) is 28.2 Å². The quantitative estimate of drug-likeness (QED) is 0.132. The monoisotopic (exact) mass is 1200 g/mol. The van der Waals surface area contributed by atoms with Gasteiger partial charge in [0.15, 0.2) is 5.82 Å². The maximum Gasteiger partial charge on any atom is 0.369 e. The number of aromatic nitrogens is 26. The molecule has 8 aromatic heterocycles. The highest BCUT2D eigenvalue weighted by Crippen LogP contribution is 2.22. The Morgan fingerprint density at radius 2 is 0.795 bits per heavy atom. The summed E-state index contributed by atoms with van der Waals surface area (Å²) in [6.45, 7) is 7.79. The topological polar surface area (TPSA) is 377 Å². The second-order valence-corrected chi connectivity index (χ2v) is 18.3. The summed E-state index contributed by atoms with van der Waals surface area (Å²) in [7, 11) is 6.00. The van der Waals surface area contributed by atoms with E-state index in [0.717, 1.165) is 55.0 Å². The third-order valence-corrected chi connectivity index (χ3v) is 12.2. The van der Waals surface area contributed by atoms with Gasteiger partial charge in [-0.3, -0.25) is 4.98 Å². The van der Waals surface area contributed by atoms with Crippen molar-refractivity contribution in [3.8, 4) is 46.0 Å². The molecule has 4 aromatic carbocycles. The van der Waals surface area contributed by atoms with Crippen LogP contribution >= 0.6 is 0 Å². The van der Waals surface area contributed by atoms with Crippen molar-refractivity contribution in [3.05, 3.63) is 221 Å². The fourth-order valence-electron chi connectivity index (χ4n) is 7.48. The third-order valence-electron chi connectivity index (χ3n) is 12.2. The van der Waals surface area contributed by atoms with Crippen LogP contribution in [0.4, 0.5) is 0 Å². The first-order chi connectivity index (χ1) is 44.2. The van der Waals surface area contributed by atoms with Gasteiger partial charge in [-0.25, -0.2) is 29.1 Å². The zero-order valence-electron chi connectivity index (χ0n) is 52.1. The van der Waals surface area contributed by atoms with E-state index in [0.29, 0.717) is 81.3 Å². The van der Waals surface area contributed by atoms with Crippen molar-refractivity contribution in [2.45, 2.75) is 54.1 Å². The van der Waals surface area contributed by atoms with Crippen LogP contribution in [0.3, 0.4) is 0 Å². The van der Waals surface area contributed by atoms with Crippen molar-refractivity contribution < 1.29 is 24.4 Å². The highest BCUT2D eigenvalue weighted by molar-refractivity contribution is 5.38. The number of rotatable bonds is 16. The normalized spacial score (nSPS) is 11.3. The molecule has 0 aliphatic carbocycles. The Kier molecular flexibility index (Phi) is 17.7. The summed E-state index contributed by atoms with van der Waals surface area (Å²) in [6, 6.07) is 25.3. The molecule has 88 heavy (non-hydrogen) atoms. The van der Waals surface area contributed by atoms with E-state index in [9.17, 15) is 19.2 Å². The first-order valence-electron chi connectivity index (χ1n) is 28.0. The Morgan fingerprint density at radius 3 is 1.26 bits per heavy atom. The summed E-state index contributed by atoms with van der Waals surface area (Å²) < 4.78 is 61.9. The molecule has 0 unspecified atom stereocenters. The van der Waals surface area contributed by atoms with Gasteiger partial charge in [0.05, 0.1) is 17.4 Å². The van der Waals surface area contributed by atoms with Gasteiger partial charge in [-0.15, -0.1) is 40.0 Å². The number of pyridine rings is 1. The van der Waals surface area contributed by atoms with E-state index >= 15 is 0 Å². The maximum atomic E-state index is 12.0. The molecule has 0 bridgehead atoms. The van der Waals surface area contributed by atoms with Crippen molar-refractivity contribution in [1.82, 2.24) is 130 Å². The Morgan fingerprint density at radius 1 is 0.386 bits per heavy atom. The van der Waals surface area contributed by atoms with Crippen LogP contribution in [0, 0.1) is 27.7 Å². The molecule has 0 fully saturated rings. The fraction of sp³-hybridized carbons (Fsp3) is 0.222. The Bertz CT molecular complexity index is 4220. The Balaban J connectivity index is 0.000000145. The van der Waals surface area contributed by atoms with Gasteiger partial charge in [0.25, 0.3) is 0 Å². The summed E-state index contributed by atoms with van der Waals surface area (Å²) in [5, 5.41) is 56.1. The molecule has 34 nitrogen and oxygen atoms in total. The van der Waals surface area contributed by atoms with Crippen LogP contribution in [-0.2, 0) is 54.6 Å². The van der Waals surface area contributed by atoms with Gasteiger partial charge in [0.1, 0.15) is 90.5 Å².